The topological polar surface area (TPSA) is 73.4 Å². The van der Waals surface area contributed by atoms with E-state index in [9.17, 15) is 14.7 Å². The van der Waals surface area contributed by atoms with Crippen LogP contribution in [0.15, 0.2) is 54.7 Å². The van der Waals surface area contributed by atoms with Crippen molar-refractivity contribution >= 4 is 34.4 Å². The van der Waals surface area contributed by atoms with Gasteiger partial charge in [0.1, 0.15) is 0 Å². The number of likely N-dealkylation sites (tertiary alicyclic amines) is 1. The number of aromatic nitrogens is 1. The highest BCUT2D eigenvalue weighted by Crippen LogP contribution is 2.41. The molecule has 3 aromatic rings. The fourth-order valence-corrected chi connectivity index (χ4v) is 6.38. The van der Waals surface area contributed by atoms with Crippen LogP contribution in [-0.4, -0.2) is 39.5 Å². The van der Waals surface area contributed by atoms with E-state index in [4.69, 9.17) is 11.6 Å². The molecular formula is C27H29ClN2O3. The lowest BCUT2D eigenvalue weighted by molar-refractivity contribution is -0.153. The highest BCUT2D eigenvalue weighted by atomic mass is 35.5. The zero-order chi connectivity index (χ0) is 22.9. The van der Waals surface area contributed by atoms with Gasteiger partial charge in [-0.25, -0.2) is 0 Å². The Hall–Kier alpha value is -2.79. The van der Waals surface area contributed by atoms with Crippen LogP contribution < -0.4 is 0 Å². The summed E-state index contributed by atoms with van der Waals surface area (Å²) in [6.07, 6.45) is 6.74. The fraction of sp³-hybridized carbons (Fsp3) is 0.407. The van der Waals surface area contributed by atoms with Crippen LogP contribution in [0.3, 0.4) is 0 Å². The van der Waals surface area contributed by atoms with Crippen molar-refractivity contribution < 1.29 is 14.7 Å². The summed E-state index contributed by atoms with van der Waals surface area (Å²) in [5, 5.41) is 11.4. The van der Waals surface area contributed by atoms with Crippen molar-refractivity contribution in [2.45, 2.75) is 50.5 Å². The van der Waals surface area contributed by atoms with Gasteiger partial charge in [-0.1, -0.05) is 60.8 Å². The van der Waals surface area contributed by atoms with E-state index in [1.165, 1.54) is 0 Å². The first-order chi connectivity index (χ1) is 16.0. The highest BCUT2D eigenvalue weighted by Gasteiger charge is 2.44. The number of halogens is 1. The Morgan fingerprint density at radius 1 is 1.06 bits per heavy atom. The smallest absolute Gasteiger partial charge is 0.306 e. The van der Waals surface area contributed by atoms with Gasteiger partial charge in [-0.2, -0.15) is 0 Å². The summed E-state index contributed by atoms with van der Waals surface area (Å²) in [6.45, 7) is 0.521. The summed E-state index contributed by atoms with van der Waals surface area (Å²) in [4.78, 5) is 30.9. The number of nitrogens with zero attached hydrogens (tertiary/aromatic N) is 1. The molecule has 6 heteroatoms. The number of carbonyl (C=O) groups is 2. The summed E-state index contributed by atoms with van der Waals surface area (Å²) in [6, 6.07) is 15.9. The van der Waals surface area contributed by atoms with E-state index in [1.54, 1.807) is 0 Å². The van der Waals surface area contributed by atoms with Gasteiger partial charge in [0.05, 0.1) is 10.9 Å². The zero-order valence-corrected chi connectivity index (χ0v) is 19.3. The molecule has 2 heterocycles. The van der Waals surface area contributed by atoms with Crippen LogP contribution in [0.2, 0.25) is 5.02 Å². The quantitative estimate of drug-likeness (QED) is 0.498. The predicted molar refractivity (Wildman–Crippen MR) is 129 cm³/mol. The number of carboxylic acids is 1. The first-order valence-electron chi connectivity index (χ1n) is 11.9. The highest BCUT2D eigenvalue weighted by molar-refractivity contribution is 6.35. The predicted octanol–water partition coefficient (Wildman–Crippen LogP) is 5.84. The number of benzene rings is 2. The second kappa shape index (κ2) is 9.22. The van der Waals surface area contributed by atoms with Gasteiger partial charge >= 0.3 is 5.97 Å². The molecule has 5 rings (SSSR count). The Morgan fingerprint density at radius 3 is 2.64 bits per heavy atom. The molecule has 2 fully saturated rings. The van der Waals surface area contributed by atoms with Crippen molar-refractivity contribution in [3.05, 3.63) is 70.9 Å². The Kier molecular flexibility index (Phi) is 6.15. The maximum atomic E-state index is 13.8. The molecule has 0 spiro atoms. The number of piperidine rings is 1. The lowest BCUT2D eigenvalue weighted by Gasteiger charge is -2.47. The second-order valence-corrected chi connectivity index (χ2v) is 9.82. The number of hydrogen-bond donors (Lipinski definition) is 2. The molecule has 1 saturated heterocycles. The normalized spacial score (nSPS) is 23.8. The summed E-state index contributed by atoms with van der Waals surface area (Å²) < 4.78 is 0. The molecule has 2 aromatic carbocycles. The molecular weight excluding hydrogens is 436 g/mol. The van der Waals surface area contributed by atoms with Crippen LogP contribution in [-0.2, 0) is 9.59 Å². The van der Waals surface area contributed by atoms with Gasteiger partial charge in [-0.15, -0.1) is 0 Å². The van der Waals surface area contributed by atoms with E-state index in [-0.39, 0.29) is 29.7 Å². The van der Waals surface area contributed by atoms with Crippen molar-refractivity contribution in [2.24, 2.45) is 11.8 Å². The number of carboxylic acid groups (broad SMARTS) is 1. The molecule has 5 nitrogen and oxygen atoms in total. The molecule has 1 aromatic heterocycles. The molecule has 33 heavy (non-hydrogen) atoms. The standard InChI is InChI=1S/C27H29ClN2O3/c28-22-10-6-11-23-26(22)21(16-29-23)20(17-7-2-1-3-8-17)15-25(31)30-14-13-19(27(32)33)18-9-4-5-12-24(18)30/h1-3,6-8,10-11,16,18-20,24,29H,4-5,9,12-15H2,(H,32,33). The Labute approximate surface area is 198 Å². The van der Waals surface area contributed by atoms with Crippen LogP contribution >= 0.6 is 11.6 Å². The zero-order valence-electron chi connectivity index (χ0n) is 18.5. The summed E-state index contributed by atoms with van der Waals surface area (Å²) >= 11 is 6.59. The average Bonchev–Trinajstić information content (AvgIpc) is 3.27. The molecule has 1 amide bonds. The number of hydrogen-bond acceptors (Lipinski definition) is 2. The maximum Gasteiger partial charge on any atom is 0.306 e. The molecule has 0 bridgehead atoms. The van der Waals surface area contributed by atoms with Gasteiger partial charge in [0.25, 0.3) is 0 Å². The lowest BCUT2D eigenvalue weighted by Crippen LogP contribution is -2.54. The van der Waals surface area contributed by atoms with Crippen LogP contribution in [0.1, 0.15) is 55.6 Å². The van der Waals surface area contributed by atoms with Gasteiger partial charge < -0.3 is 15.0 Å². The Morgan fingerprint density at radius 2 is 1.85 bits per heavy atom. The van der Waals surface area contributed by atoms with Crippen LogP contribution in [0, 0.1) is 11.8 Å². The third-order valence-corrected chi connectivity index (χ3v) is 7.97. The molecule has 172 valence electrons. The minimum absolute atomic E-state index is 0.0316. The Bertz CT molecular complexity index is 1160. The number of carbonyl (C=O) groups excluding carboxylic acids is 1. The number of fused-ring (bicyclic) bond motifs is 2. The van der Waals surface area contributed by atoms with E-state index in [0.717, 1.165) is 47.7 Å². The minimum Gasteiger partial charge on any atom is -0.481 e. The molecule has 0 radical (unpaired) electrons. The molecule has 1 aliphatic carbocycles. The number of rotatable bonds is 5. The van der Waals surface area contributed by atoms with Crippen molar-refractivity contribution in [1.29, 1.82) is 0 Å². The molecule has 2 aliphatic rings. The molecule has 1 aliphatic heterocycles. The van der Waals surface area contributed by atoms with Crippen LogP contribution in [0.4, 0.5) is 0 Å². The summed E-state index contributed by atoms with van der Waals surface area (Å²) in [5.74, 6) is -1.02. The molecule has 4 atom stereocenters. The largest absolute Gasteiger partial charge is 0.481 e. The summed E-state index contributed by atoms with van der Waals surface area (Å²) in [7, 11) is 0. The number of aromatic amines is 1. The molecule has 1 saturated carbocycles. The third-order valence-electron chi connectivity index (χ3n) is 7.66. The van der Waals surface area contributed by atoms with Crippen LogP contribution in [0.5, 0.6) is 0 Å². The first-order valence-corrected chi connectivity index (χ1v) is 12.2. The van der Waals surface area contributed by atoms with Crippen molar-refractivity contribution in [2.75, 3.05) is 6.54 Å². The van der Waals surface area contributed by atoms with E-state index in [2.05, 4.69) is 17.1 Å². The SMILES string of the molecule is O=C(O)C1CCN(C(=O)CC(c2ccccc2)c2c[nH]c3cccc(Cl)c23)C2CCCCC12. The maximum absolute atomic E-state index is 13.8. The number of nitrogens with one attached hydrogen (secondary N) is 1. The Balaban J connectivity index is 1.47. The van der Waals surface area contributed by atoms with Crippen LogP contribution in [0.25, 0.3) is 10.9 Å². The van der Waals surface area contributed by atoms with Gasteiger partial charge in [0, 0.05) is 42.0 Å². The monoisotopic (exact) mass is 464 g/mol. The van der Waals surface area contributed by atoms with Gasteiger partial charge in [0.2, 0.25) is 5.91 Å². The average molecular weight is 465 g/mol. The van der Waals surface area contributed by atoms with Crippen molar-refractivity contribution in [3.63, 3.8) is 0 Å². The van der Waals surface area contributed by atoms with E-state index < -0.39 is 5.97 Å². The first kappa shape index (κ1) is 22.0. The minimum atomic E-state index is -0.713. The van der Waals surface area contributed by atoms with Gasteiger partial charge in [-0.3, -0.25) is 9.59 Å². The summed E-state index contributed by atoms with van der Waals surface area (Å²) in [5.41, 5.74) is 3.06. The number of H-pyrrole nitrogens is 1. The lowest BCUT2D eigenvalue weighted by atomic mass is 9.71. The number of aliphatic carboxylic acids is 1. The number of amides is 1. The van der Waals surface area contributed by atoms with Gasteiger partial charge in [0.15, 0.2) is 0 Å². The van der Waals surface area contributed by atoms with Crippen molar-refractivity contribution in [1.82, 2.24) is 9.88 Å². The van der Waals surface area contributed by atoms with Crippen molar-refractivity contribution in [3.8, 4) is 0 Å². The fourth-order valence-electron chi connectivity index (χ4n) is 6.10. The molecule has 4 unspecified atom stereocenters. The third kappa shape index (κ3) is 4.15. The van der Waals surface area contributed by atoms with E-state index in [1.807, 2.05) is 47.5 Å². The van der Waals surface area contributed by atoms with E-state index >= 15 is 0 Å². The second-order valence-electron chi connectivity index (χ2n) is 9.41. The van der Waals surface area contributed by atoms with Gasteiger partial charge in [-0.05, 0) is 48.4 Å². The van der Waals surface area contributed by atoms with E-state index in [0.29, 0.717) is 24.4 Å². The molecule has 2 N–H and O–H groups in total.